The topological polar surface area (TPSA) is 34.1 Å². The van der Waals surface area contributed by atoms with Crippen LogP contribution >= 0.6 is 0 Å². The second kappa shape index (κ2) is 3.89. The van der Waals surface area contributed by atoms with E-state index in [1.807, 2.05) is 0 Å². The second-order valence-corrected chi connectivity index (χ2v) is 6.64. The number of hydrogen-bond acceptors (Lipinski definition) is 2. The van der Waals surface area contributed by atoms with E-state index >= 15 is 0 Å². The SMILES string of the molecule is O=CC(C=O)=C1[Se]C=C[Se]1. The monoisotopic (exact) mass is 268 g/mol. The van der Waals surface area contributed by atoms with Crippen molar-refractivity contribution < 1.29 is 9.59 Å². The van der Waals surface area contributed by atoms with Gasteiger partial charge in [-0.25, -0.2) is 0 Å². The molecule has 0 aromatic heterocycles. The van der Waals surface area contributed by atoms with E-state index in [9.17, 15) is 9.59 Å². The molecule has 0 atom stereocenters. The third kappa shape index (κ3) is 1.67. The Labute approximate surface area is 71.1 Å². The summed E-state index contributed by atoms with van der Waals surface area (Å²) in [7, 11) is 0. The van der Waals surface area contributed by atoms with Crippen LogP contribution in [0.3, 0.4) is 0 Å². The molecule has 1 aliphatic rings. The maximum atomic E-state index is 10.2. The van der Waals surface area contributed by atoms with Crippen LogP contribution in [0.5, 0.6) is 0 Å². The number of carbonyl (C=O) groups is 2. The quantitative estimate of drug-likeness (QED) is 0.222. The minimum absolute atomic E-state index is 0.275. The number of allylic oxidation sites excluding steroid dienone is 1. The van der Waals surface area contributed by atoms with Crippen molar-refractivity contribution in [2.45, 2.75) is 0 Å². The Hall–Kier alpha value is -0.141. The fraction of sp³-hybridized carbons (Fsp3) is 0. The molecule has 0 aliphatic carbocycles. The molecule has 0 unspecified atom stereocenters. The van der Waals surface area contributed by atoms with Gasteiger partial charge in [-0.2, -0.15) is 0 Å². The van der Waals surface area contributed by atoms with E-state index in [4.69, 9.17) is 0 Å². The summed E-state index contributed by atoms with van der Waals surface area (Å²) < 4.78 is 1.06. The molecule has 1 aliphatic heterocycles. The summed E-state index contributed by atoms with van der Waals surface area (Å²) in [5, 5.41) is 0. The van der Waals surface area contributed by atoms with Crippen molar-refractivity contribution in [3.63, 3.8) is 0 Å². The molecular weight excluding hydrogens is 262 g/mol. The molecule has 0 aromatic carbocycles. The van der Waals surface area contributed by atoms with Crippen LogP contribution in [0, 0.1) is 0 Å². The van der Waals surface area contributed by atoms with Crippen LogP contribution in [0.25, 0.3) is 0 Å². The summed E-state index contributed by atoms with van der Waals surface area (Å²) in [4.78, 5) is 24.6. The fourth-order valence-corrected chi connectivity index (χ4v) is 5.34. The molecule has 10 heavy (non-hydrogen) atoms. The summed E-state index contributed by atoms with van der Waals surface area (Å²) >= 11 is 0.550. The first kappa shape index (κ1) is 7.96. The first-order valence-corrected chi connectivity index (χ1v) is 6.20. The van der Waals surface area contributed by atoms with Crippen molar-refractivity contribution in [1.29, 1.82) is 0 Å². The summed E-state index contributed by atoms with van der Waals surface area (Å²) in [6, 6.07) is 0. The van der Waals surface area contributed by atoms with Crippen molar-refractivity contribution in [2.24, 2.45) is 0 Å². The Morgan fingerprint density at radius 2 is 1.70 bits per heavy atom. The average molecular weight is 266 g/mol. The summed E-state index contributed by atoms with van der Waals surface area (Å²) in [5.41, 5.74) is 0.366. The molecule has 52 valence electrons. The molecule has 0 saturated carbocycles. The first-order valence-electron chi connectivity index (χ1n) is 2.51. The van der Waals surface area contributed by atoms with Crippen LogP contribution < -0.4 is 0 Å². The maximum absolute atomic E-state index is 10.2. The van der Waals surface area contributed by atoms with Crippen LogP contribution in [0.2, 0.25) is 0 Å². The molecule has 1 rings (SSSR count). The van der Waals surface area contributed by atoms with E-state index < -0.39 is 0 Å². The molecule has 2 nitrogen and oxygen atoms in total. The molecule has 0 N–H and O–H groups in total. The molecular formula is C6H4O2Se2. The van der Waals surface area contributed by atoms with Gasteiger partial charge >= 0.3 is 71.0 Å². The van der Waals surface area contributed by atoms with E-state index in [-0.39, 0.29) is 29.9 Å². The van der Waals surface area contributed by atoms with Gasteiger partial charge in [0.25, 0.3) is 0 Å². The summed E-state index contributed by atoms with van der Waals surface area (Å²) in [5.74, 6) is 0. The number of rotatable bonds is 2. The van der Waals surface area contributed by atoms with Crippen molar-refractivity contribution in [2.75, 3.05) is 0 Å². The molecule has 4 heteroatoms. The summed E-state index contributed by atoms with van der Waals surface area (Å²) in [6.07, 6.45) is 1.30. The van der Waals surface area contributed by atoms with Crippen LogP contribution in [0.1, 0.15) is 0 Å². The molecule has 0 fully saturated rings. The van der Waals surface area contributed by atoms with Gasteiger partial charge in [0.2, 0.25) is 0 Å². The predicted molar refractivity (Wildman–Crippen MR) is 39.8 cm³/mol. The van der Waals surface area contributed by atoms with E-state index in [1.165, 1.54) is 0 Å². The predicted octanol–water partition coefficient (Wildman–Crippen LogP) is -0.511. The standard InChI is InChI=1S/C6H4O2Se2/c7-3-5(4-8)6-9-1-2-10-6/h1-4H. The minimum atomic E-state index is 0.275. The van der Waals surface area contributed by atoms with E-state index in [0.29, 0.717) is 18.1 Å². The molecule has 0 bridgehead atoms. The molecule has 0 aromatic rings. The zero-order chi connectivity index (χ0) is 7.40. The molecule has 1 heterocycles. The first-order chi connectivity index (χ1) is 4.88. The van der Waals surface area contributed by atoms with Gasteiger partial charge in [-0.15, -0.1) is 0 Å². The Kier molecular flexibility index (Phi) is 3.10. The van der Waals surface area contributed by atoms with Crippen LogP contribution in [0.15, 0.2) is 18.9 Å². The van der Waals surface area contributed by atoms with Crippen molar-refractivity contribution >= 4 is 42.5 Å². The van der Waals surface area contributed by atoms with E-state index in [0.717, 1.165) is 3.37 Å². The molecule has 0 radical (unpaired) electrons. The fourth-order valence-electron chi connectivity index (χ4n) is 0.467. The molecule has 0 spiro atoms. The molecule has 0 amide bonds. The zero-order valence-corrected chi connectivity index (χ0v) is 8.37. The van der Waals surface area contributed by atoms with Crippen molar-refractivity contribution in [1.82, 2.24) is 0 Å². The second-order valence-electron chi connectivity index (χ2n) is 1.49. The summed E-state index contributed by atoms with van der Waals surface area (Å²) in [6.45, 7) is 0. The van der Waals surface area contributed by atoms with Gasteiger partial charge in [0.15, 0.2) is 0 Å². The number of aldehydes is 2. The van der Waals surface area contributed by atoms with Gasteiger partial charge in [0.05, 0.1) is 0 Å². The van der Waals surface area contributed by atoms with Crippen LogP contribution in [-0.4, -0.2) is 42.5 Å². The zero-order valence-electron chi connectivity index (χ0n) is 4.94. The Bertz CT molecular complexity index is 198. The van der Waals surface area contributed by atoms with Gasteiger partial charge < -0.3 is 0 Å². The normalized spacial score (nSPS) is 15.4. The van der Waals surface area contributed by atoms with E-state index in [2.05, 4.69) is 9.95 Å². The Balaban J connectivity index is 2.81. The third-order valence-corrected chi connectivity index (χ3v) is 6.90. The van der Waals surface area contributed by atoms with Crippen LogP contribution in [-0.2, 0) is 9.59 Å². The third-order valence-electron chi connectivity index (χ3n) is 0.895. The van der Waals surface area contributed by atoms with Crippen LogP contribution in [0.4, 0.5) is 0 Å². The van der Waals surface area contributed by atoms with Gasteiger partial charge in [-0.3, -0.25) is 0 Å². The van der Waals surface area contributed by atoms with Crippen molar-refractivity contribution in [3.8, 4) is 0 Å². The van der Waals surface area contributed by atoms with Crippen molar-refractivity contribution in [3.05, 3.63) is 18.9 Å². The number of hydrogen-bond donors (Lipinski definition) is 0. The van der Waals surface area contributed by atoms with Gasteiger partial charge in [-0.05, 0) is 0 Å². The van der Waals surface area contributed by atoms with Gasteiger partial charge in [-0.1, -0.05) is 0 Å². The number of carbonyl (C=O) groups excluding carboxylic acids is 2. The van der Waals surface area contributed by atoms with Gasteiger partial charge in [0, 0.05) is 0 Å². The van der Waals surface area contributed by atoms with Gasteiger partial charge in [0.1, 0.15) is 0 Å². The van der Waals surface area contributed by atoms with E-state index in [1.54, 1.807) is 0 Å². The Morgan fingerprint density at radius 1 is 1.20 bits per heavy atom. The average Bonchev–Trinajstić information content (AvgIpc) is 2.43. The molecule has 0 saturated heterocycles. The Morgan fingerprint density at radius 3 is 2.10 bits per heavy atom.